The van der Waals surface area contributed by atoms with E-state index in [9.17, 15) is 9.90 Å². The van der Waals surface area contributed by atoms with Crippen LogP contribution in [0.15, 0.2) is 0 Å². The van der Waals surface area contributed by atoms with Crippen molar-refractivity contribution in [2.24, 2.45) is 50.7 Å². The van der Waals surface area contributed by atoms with Gasteiger partial charge in [0.15, 0.2) is 0 Å². The molecule has 5 aliphatic carbocycles. The van der Waals surface area contributed by atoms with Crippen LogP contribution < -0.4 is 0 Å². The predicted octanol–water partition coefficient (Wildman–Crippen LogP) is 6.86. The zero-order valence-electron chi connectivity index (χ0n) is 30.9. The number of carbonyl (C=O) groups is 1. The molecule has 2 aliphatic heterocycles. The Kier molecular flexibility index (Phi) is 8.48. The predicted molar refractivity (Wildman–Crippen MR) is 180 cm³/mol. The van der Waals surface area contributed by atoms with Gasteiger partial charge in [-0.3, -0.25) is 0 Å². The van der Waals surface area contributed by atoms with Gasteiger partial charge >= 0.3 is 6.09 Å². The second-order valence-corrected chi connectivity index (χ2v) is 18.5. The number of nitrogens with zero attached hydrogens (tertiary/aromatic N) is 1. The van der Waals surface area contributed by atoms with E-state index in [0.717, 1.165) is 19.3 Å². The summed E-state index contributed by atoms with van der Waals surface area (Å²) in [5.74, 6) is 2.01. The number of ether oxygens (including phenoxy) is 5. The van der Waals surface area contributed by atoms with Gasteiger partial charge in [0.1, 0.15) is 12.2 Å². The Bertz CT molecular complexity index is 1200. The molecule has 1 amide bonds. The van der Waals surface area contributed by atoms with E-state index in [2.05, 4.69) is 41.5 Å². The zero-order chi connectivity index (χ0) is 33.8. The second kappa shape index (κ2) is 11.5. The summed E-state index contributed by atoms with van der Waals surface area (Å²) in [6.45, 7) is 24.0. The van der Waals surface area contributed by atoms with E-state index in [4.69, 9.17) is 23.7 Å². The number of hydrogen-bond acceptors (Lipinski definition) is 7. The number of carbonyl (C=O) groups excluding carboxylic acids is 1. The minimum atomic E-state index is -0.988. The van der Waals surface area contributed by atoms with Crippen LogP contribution >= 0.6 is 0 Å². The summed E-state index contributed by atoms with van der Waals surface area (Å²) in [5.41, 5.74) is -0.286. The van der Waals surface area contributed by atoms with Crippen LogP contribution in [0.25, 0.3) is 0 Å². The lowest BCUT2D eigenvalue weighted by molar-refractivity contribution is -0.220. The summed E-state index contributed by atoms with van der Waals surface area (Å²) in [7, 11) is 0. The maximum Gasteiger partial charge on any atom is 0.410 e. The first-order valence-electron chi connectivity index (χ1n) is 19.3. The number of hydrogen-bond donors (Lipinski definition) is 1. The first kappa shape index (κ1) is 34.5. The van der Waals surface area contributed by atoms with E-state index in [1.165, 1.54) is 32.1 Å². The lowest BCUT2D eigenvalue weighted by Gasteiger charge is -2.64. The fourth-order valence-corrected chi connectivity index (χ4v) is 14.0. The van der Waals surface area contributed by atoms with Crippen LogP contribution in [-0.2, 0) is 23.7 Å². The van der Waals surface area contributed by atoms with Gasteiger partial charge in [0.05, 0.1) is 37.1 Å². The first-order chi connectivity index (χ1) is 22.1. The van der Waals surface area contributed by atoms with Gasteiger partial charge in [-0.25, -0.2) is 4.79 Å². The standard InChI is InChI=1S/C39H65NO7/c1-10-44-31(35(6,7)42)25-22-24(3)29-30(46-25)32(45-11-2)37(9)27-13-12-26-34(4,5)28(47-33(41)40-18-20-43-21-19-40)14-15-38(26)23-39(27,38)17-16-36(29,37)8/h24-32,42H,10-23H2,1-9H3/t24-,25-,26+,27+,28+,29+,30+,31+,32+,36-,37-,38-,39+/m1/s1. The summed E-state index contributed by atoms with van der Waals surface area (Å²) >= 11 is 0. The fraction of sp³-hybridized carbons (Fsp3) is 0.974. The smallest absolute Gasteiger partial charge is 0.410 e. The van der Waals surface area contributed by atoms with Crippen molar-refractivity contribution in [3.8, 4) is 0 Å². The number of morpholine rings is 1. The van der Waals surface area contributed by atoms with E-state index >= 15 is 0 Å². The van der Waals surface area contributed by atoms with E-state index in [1.807, 2.05) is 25.7 Å². The topological polar surface area (TPSA) is 86.7 Å². The maximum atomic E-state index is 13.2. The molecule has 7 fully saturated rings. The van der Waals surface area contributed by atoms with Gasteiger partial charge in [-0.1, -0.05) is 34.6 Å². The van der Waals surface area contributed by atoms with Crippen molar-refractivity contribution in [1.29, 1.82) is 0 Å². The van der Waals surface area contributed by atoms with Crippen LogP contribution in [0.5, 0.6) is 0 Å². The van der Waals surface area contributed by atoms with Gasteiger partial charge in [0.25, 0.3) is 0 Å². The van der Waals surface area contributed by atoms with Crippen molar-refractivity contribution >= 4 is 6.09 Å². The summed E-state index contributed by atoms with van der Waals surface area (Å²) < 4.78 is 32.2. The van der Waals surface area contributed by atoms with Crippen LogP contribution in [0.1, 0.15) is 114 Å². The summed E-state index contributed by atoms with van der Waals surface area (Å²) in [6, 6.07) is 0. The monoisotopic (exact) mass is 659 g/mol. The third-order valence-electron chi connectivity index (χ3n) is 16.0. The molecular weight excluding hydrogens is 594 g/mol. The van der Waals surface area contributed by atoms with Crippen molar-refractivity contribution in [3.63, 3.8) is 0 Å². The van der Waals surface area contributed by atoms with Crippen molar-refractivity contribution < 1.29 is 33.6 Å². The zero-order valence-corrected chi connectivity index (χ0v) is 30.9. The molecule has 0 aromatic carbocycles. The van der Waals surface area contributed by atoms with E-state index in [-0.39, 0.29) is 52.9 Å². The Labute approximate surface area is 284 Å². The highest BCUT2D eigenvalue weighted by Gasteiger charge is 2.85. The number of fused-ring (bicyclic) bond motifs is 4. The molecule has 268 valence electrons. The number of aliphatic hydroxyl groups is 1. The van der Waals surface area contributed by atoms with Crippen LogP contribution in [0, 0.1) is 50.7 Å². The Morgan fingerprint density at radius 2 is 1.66 bits per heavy atom. The minimum absolute atomic E-state index is 0.00152. The van der Waals surface area contributed by atoms with E-state index in [1.54, 1.807) is 0 Å². The Morgan fingerprint density at radius 1 is 0.979 bits per heavy atom. The highest BCUT2D eigenvalue weighted by atomic mass is 16.6. The molecule has 8 heteroatoms. The summed E-state index contributed by atoms with van der Waals surface area (Å²) in [6.07, 6.45) is 8.53. The van der Waals surface area contributed by atoms with Crippen molar-refractivity contribution in [3.05, 3.63) is 0 Å². The van der Waals surface area contributed by atoms with Crippen LogP contribution in [0.3, 0.4) is 0 Å². The molecule has 47 heavy (non-hydrogen) atoms. The summed E-state index contributed by atoms with van der Waals surface area (Å²) in [4.78, 5) is 15.1. The molecule has 2 heterocycles. The SMILES string of the molecule is CCO[C@@H]([C@H]1C[C@@H](C)[C@H]2[C@H](O1)[C@H](OCC)[C@@]1(C)[C@@H]3CC[C@H]4C(C)(C)[C@@H](OC(=O)N5CCOCC5)CC[C@@]45C[C@@]35CC[C@]21C)C(C)(C)O. The minimum Gasteiger partial charge on any atom is -0.446 e. The highest BCUT2D eigenvalue weighted by Crippen LogP contribution is 2.89. The number of amides is 1. The van der Waals surface area contributed by atoms with Crippen molar-refractivity contribution in [2.45, 2.75) is 150 Å². The molecular formula is C39H65NO7. The van der Waals surface area contributed by atoms with Gasteiger partial charge in [-0.2, -0.15) is 0 Å². The molecule has 0 aromatic rings. The van der Waals surface area contributed by atoms with Gasteiger partial charge in [0.2, 0.25) is 0 Å². The summed E-state index contributed by atoms with van der Waals surface area (Å²) in [5, 5.41) is 11.2. The Balaban J connectivity index is 1.17. The molecule has 2 spiro atoms. The quantitative estimate of drug-likeness (QED) is 0.320. The molecule has 13 atom stereocenters. The number of rotatable bonds is 7. The average Bonchev–Trinajstić information content (AvgIpc) is 3.64. The molecule has 1 N–H and O–H groups in total. The molecule has 7 aliphatic rings. The van der Waals surface area contributed by atoms with Gasteiger partial charge in [0, 0.05) is 37.1 Å². The molecule has 0 radical (unpaired) electrons. The highest BCUT2D eigenvalue weighted by molar-refractivity contribution is 5.68. The molecule has 8 nitrogen and oxygen atoms in total. The lowest BCUT2D eigenvalue weighted by atomic mass is 9.41. The molecule has 0 bridgehead atoms. The van der Waals surface area contributed by atoms with Crippen LogP contribution in [0.4, 0.5) is 4.79 Å². The normalized spacial score (nSPS) is 49.1. The molecule has 0 aromatic heterocycles. The van der Waals surface area contributed by atoms with E-state index < -0.39 is 5.60 Å². The largest absolute Gasteiger partial charge is 0.446 e. The van der Waals surface area contributed by atoms with Gasteiger partial charge in [-0.05, 0) is 119 Å². The molecule has 0 unspecified atom stereocenters. The third kappa shape index (κ3) is 4.72. The first-order valence-corrected chi connectivity index (χ1v) is 19.3. The molecule has 2 saturated heterocycles. The molecule has 7 rings (SSSR count). The second-order valence-electron chi connectivity index (χ2n) is 18.5. The van der Waals surface area contributed by atoms with Crippen LogP contribution in [-0.4, -0.2) is 91.7 Å². The molecule has 5 saturated carbocycles. The van der Waals surface area contributed by atoms with Gasteiger partial charge in [-0.15, -0.1) is 0 Å². The van der Waals surface area contributed by atoms with Crippen molar-refractivity contribution in [2.75, 3.05) is 39.5 Å². The third-order valence-corrected chi connectivity index (χ3v) is 16.0. The van der Waals surface area contributed by atoms with Gasteiger partial charge < -0.3 is 33.7 Å². The van der Waals surface area contributed by atoms with Crippen molar-refractivity contribution in [1.82, 2.24) is 4.90 Å². The lowest BCUT2D eigenvalue weighted by Crippen LogP contribution is -2.60. The Hall–Kier alpha value is -0.930. The Morgan fingerprint density at radius 3 is 2.32 bits per heavy atom. The maximum absolute atomic E-state index is 13.2. The van der Waals surface area contributed by atoms with Crippen LogP contribution in [0.2, 0.25) is 0 Å². The van der Waals surface area contributed by atoms with E-state index in [0.29, 0.717) is 74.0 Å². The average molecular weight is 660 g/mol. The fourth-order valence-electron chi connectivity index (χ4n) is 14.0.